The van der Waals surface area contributed by atoms with Crippen molar-refractivity contribution in [3.63, 3.8) is 0 Å². The van der Waals surface area contributed by atoms with Gasteiger partial charge in [0.05, 0.1) is 4.90 Å². The van der Waals surface area contributed by atoms with E-state index in [1.165, 1.54) is 6.07 Å². The van der Waals surface area contributed by atoms with Crippen LogP contribution in [-0.4, -0.2) is 25.3 Å². The van der Waals surface area contributed by atoms with Crippen LogP contribution in [0.15, 0.2) is 17.0 Å². The molecule has 1 aromatic carbocycles. The maximum Gasteiger partial charge on any atom is 0.243 e. The van der Waals surface area contributed by atoms with E-state index in [0.29, 0.717) is 28.7 Å². The number of nitrogen functional groups attached to an aromatic ring is 1. The zero-order valence-electron chi connectivity index (χ0n) is 12.8. The number of benzene rings is 1. The van der Waals surface area contributed by atoms with Gasteiger partial charge in [-0.2, -0.15) is 4.31 Å². The molecule has 21 heavy (non-hydrogen) atoms. The Morgan fingerprint density at radius 2 is 2.00 bits per heavy atom. The first-order valence-corrected chi connectivity index (χ1v) is 9.12. The average Bonchev–Trinajstić information content (AvgIpc) is 3.17. The van der Waals surface area contributed by atoms with Crippen molar-refractivity contribution in [3.05, 3.63) is 22.7 Å². The lowest BCUT2D eigenvalue weighted by molar-refractivity contribution is 0.373. The number of halogens is 1. The van der Waals surface area contributed by atoms with Crippen molar-refractivity contribution < 1.29 is 8.42 Å². The SMILES string of the molecule is Cc1c(N)cc(Cl)cc1S(=O)(=O)N(CCC(C)C)C1CC1. The van der Waals surface area contributed by atoms with Crippen molar-refractivity contribution in [2.24, 2.45) is 5.92 Å². The number of hydrogen-bond donors (Lipinski definition) is 1. The summed E-state index contributed by atoms with van der Waals surface area (Å²) in [6.07, 6.45) is 2.73. The van der Waals surface area contributed by atoms with Crippen LogP contribution in [0.4, 0.5) is 5.69 Å². The topological polar surface area (TPSA) is 63.4 Å². The van der Waals surface area contributed by atoms with E-state index in [0.717, 1.165) is 19.3 Å². The molecule has 1 fully saturated rings. The lowest BCUT2D eigenvalue weighted by Gasteiger charge is -2.24. The Morgan fingerprint density at radius 3 is 2.52 bits per heavy atom. The quantitative estimate of drug-likeness (QED) is 0.813. The van der Waals surface area contributed by atoms with Crippen LogP contribution in [0.25, 0.3) is 0 Å². The van der Waals surface area contributed by atoms with Gasteiger partial charge in [-0.25, -0.2) is 8.42 Å². The highest BCUT2D eigenvalue weighted by Crippen LogP contribution is 2.35. The van der Waals surface area contributed by atoms with Gasteiger partial charge in [-0.05, 0) is 49.8 Å². The first-order valence-electron chi connectivity index (χ1n) is 7.31. The van der Waals surface area contributed by atoms with Crippen LogP contribution in [-0.2, 0) is 10.0 Å². The Labute approximate surface area is 132 Å². The fraction of sp³-hybridized carbons (Fsp3) is 0.600. The maximum atomic E-state index is 13.0. The van der Waals surface area contributed by atoms with Gasteiger partial charge in [0.2, 0.25) is 10.0 Å². The highest BCUT2D eigenvalue weighted by atomic mass is 35.5. The summed E-state index contributed by atoms with van der Waals surface area (Å²) >= 11 is 5.99. The van der Waals surface area contributed by atoms with Gasteiger partial charge in [-0.1, -0.05) is 25.4 Å². The minimum absolute atomic E-state index is 0.133. The van der Waals surface area contributed by atoms with Gasteiger partial charge < -0.3 is 5.73 Å². The molecule has 0 bridgehead atoms. The fourth-order valence-electron chi connectivity index (χ4n) is 2.32. The second kappa shape index (κ2) is 6.15. The molecule has 0 aliphatic heterocycles. The summed E-state index contributed by atoms with van der Waals surface area (Å²) in [5, 5.41) is 0.358. The smallest absolute Gasteiger partial charge is 0.243 e. The lowest BCUT2D eigenvalue weighted by atomic mass is 10.1. The highest BCUT2D eigenvalue weighted by Gasteiger charge is 2.38. The minimum atomic E-state index is -3.54. The van der Waals surface area contributed by atoms with Gasteiger partial charge in [-0.15, -0.1) is 0 Å². The molecule has 2 rings (SSSR count). The van der Waals surface area contributed by atoms with E-state index in [9.17, 15) is 8.42 Å². The second-order valence-electron chi connectivity index (χ2n) is 6.15. The maximum absolute atomic E-state index is 13.0. The van der Waals surface area contributed by atoms with E-state index in [2.05, 4.69) is 13.8 Å². The highest BCUT2D eigenvalue weighted by molar-refractivity contribution is 7.89. The summed E-state index contributed by atoms with van der Waals surface area (Å²) in [6.45, 7) is 6.48. The van der Waals surface area contributed by atoms with Crippen molar-refractivity contribution in [2.75, 3.05) is 12.3 Å². The van der Waals surface area contributed by atoms with Crippen LogP contribution in [0.5, 0.6) is 0 Å². The molecule has 0 spiro atoms. The van der Waals surface area contributed by atoms with Gasteiger partial charge in [0, 0.05) is 23.3 Å². The predicted octanol–water partition coefficient (Wildman–Crippen LogP) is 3.43. The molecule has 0 aromatic heterocycles. The number of nitrogens with two attached hydrogens (primary N) is 1. The molecule has 1 aromatic rings. The average molecular weight is 331 g/mol. The molecule has 0 saturated heterocycles. The van der Waals surface area contributed by atoms with Gasteiger partial charge in [0.15, 0.2) is 0 Å². The molecule has 0 unspecified atom stereocenters. The molecule has 1 saturated carbocycles. The van der Waals surface area contributed by atoms with E-state index in [1.807, 2.05) is 0 Å². The predicted molar refractivity (Wildman–Crippen MR) is 87.0 cm³/mol. The van der Waals surface area contributed by atoms with Crippen molar-refractivity contribution in [2.45, 2.75) is 51.0 Å². The summed E-state index contributed by atoms with van der Waals surface area (Å²) in [7, 11) is -3.54. The standard InChI is InChI=1S/C15H23ClN2O2S/c1-10(2)6-7-18(13-4-5-13)21(19,20)15-9-12(16)8-14(17)11(15)3/h8-10,13H,4-7,17H2,1-3H3. The van der Waals surface area contributed by atoms with E-state index in [1.54, 1.807) is 17.3 Å². The summed E-state index contributed by atoms with van der Waals surface area (Å²) in [6, 6.07) is 3.23. The lowest BCUT2D eigenvalue weighted by Crippen LogP contribution is -2.35. The first kappa shape index (κ1) is 16.6. The first-order chi connectivity index (χ1) is 9.73. The molecular formula is C15H23ClN2O2S. The summed E-state index contributed by atoms with van der Waals surface area (Å²) in [4.78, 5) is 0.239. The van der Waals surface area contributed by atoms with Crippen molar-refractivity contribution >= 4 is 27.3 Å². The number of sulfonamides is 1. The number of rotatable bonds is 6. The zero-order valence-corrected chi connectivity index (χ0v) is 14.3. The van der Waals surface area contributed by atoms with Gasteiger partial charge >= 0.3 is 0 Å². The molecule has 6 heteroatoms. The Hall–Kier alpha value is -0.780. The monoisotopic (exact) mass is 330 g/mol. The van der Waals surface area contributed by atoms with Crippen LogP contribution in [0.1, 0.15) is 38.7 Å². The zero-order chi connectivity index (χ0) is 15.8. The second-order valence-corrected chi connectivity index (χ2v) is 8.44. The molecule has 1 aliphatic rings. The molecule has 4 nitrogen and oxygen atoms in total. The normalized spacial score (nSPS) is 15.9. The molecule has 2 N–H and O–H groups in total. The third kappa shape index (κ3) is 3.71. The van der Waals surface area contributed by atoms with Gasteiger partial charge in [0.1, 0.15) is 0 Å². The number of anilines is 1. The van der Waals surface area contributed by atoms with Crippen molar-refractivity contribution in [1.82, 2.24) is 4.31 Å². The van der Waals surface area contributed by atoms with E-state index in [-0.39, 0.29) is 10.9 Å². The molecule has 1 aliphatic carbocycles. The largest absolute Gasteiger partial charge is 0.398 e. The molecule has 0 heterocycles. The van der Waals surface area contributed by atoms with Crippen LogP contribution >= 0.6 is 11.6 Å². The summed E-state index contributed by atoms with van der Waals surface area (Å²) < 4.78 is 27.6. The molecule has 0 atom stereocenters. The Bertz CT molecular complexity index is 625. The minimum Gasteiger partial charge on any atom is -0.398 e. The van der Waals surface area contributed by atoms with E-state index >= 15 is 0 Å². The van der Waals surface area contributed by atoms with E-state index in [4.69, 9.17) is 17.3 Å². The fourth-order valence-corrected chi connectivity index (χ4v) is 4.59. The Balaban J connectivity index is 2.39. The summed E-state index contributed by atoms with van der Waals surface area (Å²) in [5.74, 6) is 0.465. The van der Waals surface area contributed by atoms with Crippen LogP contribution < -0.4 is 5.73 Å². The van der Waals surface area contributed by atoms with Crippen LogP contribution in [0.3, 0.4) is 0 Å². The third-order valence-electron chi connectivity index (χ3n) is 3.83. The van der Waals surface area contributed by atoms with Crippen molar-refractivity contribution in [3.8, 4) is 0 Å². The van der Waals surface area contributed by atoms with Crippen LogP contribution in [0, 0.1) is 12.8 Å². The van der Waals surface area contributed by atoms with Crippen LogP contribution in [0.2, 0.25) is 5.02 Å². The molecule has 118 valence electrons. The van der Waals surface area contributed by atoms with E-state index < -0.39 is 10.0 Å². The molecule has 0 radical (unpaired) electrons. The third-order valence-corrected chi connectivity index (χ3v) is 6.13. The number of hydrogen-bond acceptors (Lipinski definition) is 3. The Morgan fingerprint density at radius 1 is 1.38 bits per heavy atom. The van der Waals surface area contributed by atoms with Crippen molar-refractivity contribution in [1.29, 1.82) is 0 Å². The Kier molecular flexibility index (Phi) is 4.85. The molecular weight excluding hydrogens is 308 g/mol. The van der Waals surface area contributed by atoms with Gasteiger partial charge in [-0.3, -0.25) is 0 Å². The summed E-state index contributed by atoms with van der Waals surface area (Å²) in [5.41, 5.74) is 6.86. The number of nitrogens with zero attached hydrogens (tertiary/aromatic N) is 1. The molecule has 0 amide bonds. The van der Waals surface area contributed by atoms with Gasteiger partial charge in [0.25, 0.3) is 0 Å².